The van der Waals surface area contributed by atoms with Gasteiger partial charge in [-0.3, -0.25) is 0 Å². The monoisotopic (exact) mass is 843 g/mol. The third kappa shape index (κ3) is 6.54. The van der Waals surface area contributed by atoms with Crippen LogP contribution < -0.4 is 4.90 Å². The molecule has 0 bridgehead atoms. The average Bonchev–Trinajstić information content (AvgIpc) is 3.34. The molecule has 0 saturated heterocycles. The van der Waals surface area contributed by atoms with Crippen molar-refractivity contribution in [2.24, 2.45) is 0 Å². The van der Waals surface area contributed by atoms with Crippen molar-refractivity contribution >= 4 is 70.9 Å². The minimum Gasteiger partial charge on any atom is -0.311 e. The molecule has 0 atom stereocenters. The van der Waals surface area contributed by atoms with Crippen molar-refractivity contribution in [2.45, 2.75) is 34.6 Å². The molecule has 12 rings (SSSR count). The maximum absolute atomic E-state index is 2.43. The van der Waals surface area contributed by atoms with Crippen LogP contribution in [0.15, 0.2) is 206 Å². The van der Waals surface area contributed by atoms with Gasteiger partial charge in [0.15, 0.2) is 0 Å². The minimum atomic E-state index is 1.12. The first-order chi connectivity index (χ1) is 32.3. The lowest BCUT2D eigenvalue weighted by molar-refractivity contribution is 1.27. The Morgan fingerprint density at radius 1 is 0.273 bits per heavy atom. The van der Waals surface area contributed by atoms with Crippen LogP contribution in [-0.2, 0) is 0 Å². The summed E-state index contributed by atoms with van der Waals surface area (Å²) in [5.74, 6) is 0. The second-order valence-electron chi connectivity index (χ2n) is 18.4. The second-order valence-corrected chi connectivity index (χ2v) is 18.4. The zero-order valence-corrected chi connectivity index (χ0v) is 38.1. The molecule has 0 unspecified atom stereocenters. The predicted octanol–water partition coefficient (Wildman–Crippen LogP) is 18.6. The molecule has 0 aliphatic carbocycles. The van der Waals surface area contributed by atoms with Crippen molar-refractivity contribution in [1.29, 1.82) is 0 Å². The zero-order valence-electron chi connectivity index (χ0n) is 38.1. The molecule has 0 N–H and O–H groups in total. The summed E-state index contributed by atoms with van der Waals surface area (Å²) in [5, 5.41) is 12.9. The molecule has 0 aromatic heterocycles. The first-order valence-corrected chi connectivity index (χ1v) is 23.2. The molecule has 314 valence electrons. The molecule has 12 aromatic carbocycles. The molecule has 12 aromatic rings. The number of hydrogen-bond acceptors (Lipinski definition) is 1. The van der Waals surface area contributed by atoms with Crippen molar-refractivity contribution < 1.29 is 0 Å². The van der Waals surface area contributed by atoms with Gasteiger partial charge in [-0.25, -0.2) is 0 Å². The summed E-state index contributed by atoms with van der Waals surface area (Å²) in [7, 11) is 0. The number of anilines is 3. The van der Waals surface area contributed by atoms with E-state index in [1.165, 1.54) is 126 Å². The standard InChI is InChI=1S/C65H49N/c1-40-17-27-51(28-18-40)66(52-29-19-41(2)20-30-52)53-31-23-47(24-32-53)63-55-13-6-8-15-57(55)64(58-16-9-7-14-56(58)63)50-36-42(3)35-49(39-50)60-37-44(5)61(38-43(60)4)54-33-25-48-22-21-45-11-10-12-46-26-34-59(54)65(48)62(45)46/h6-39H,1-5H3. The Morgan fingerprint density at radius 2 is 0.727 bits per heavy atom. The zero-order chi connectivity index (χ0) is 44.6. The fourth-order valence-electron chi connectivity index (χ4n) is 10.8. The van der Waals surface area contributed by atoms with Crippen LogP contribution in [0.25, 0.3) is 98.4 Å². The van der Waals surface area contributed by atoms with Gasteiger partial charge in [0.05, 0.1) is 0 Å². The van der Waals surface area contributed by atoms with E-state index in [2.05, 4.69) is 246 Å². The molecule has 1 nitrogen and oxygen atoms in total. The lowest BCUT2D eigenvalue weighted by Crippen LogP contribution is -2.09. The maximum Gasteiger partial charge on any atom is 0.0462 e. The molecule has 0 aliphatic rings. The van der Waals surface area contributed by atoms with Crippen LogP contribution in [0.3, 0.4) is 0 Å². The van der Waals surface area contributed by atoms with Gasteiger partial charge in [-0.15, -0.1) is 0 Å². The molecule has 1 heteroatoms. The van der Waals surface area contributed by atoms with E-state index < -0.39 is 0 Å². The Kier molecular flexibility index (Phi) is 9.36. The highest BCUT2D eigenvalue weighted by Crippen LogP contribution is 2.47. The molecule has 0 aliphatic heterocycles. The van der Waals surface area contributed by atoms with Crippen LogP contribution in [0.2, 0.25) is 0 Å². The molecule has 66 heavy (non-hydrogen) atoms. The van der Waals surface area contributed by atoms with Gasteiger partial charge < -0.3 is 4.90 Å². The summed E-state index contributed by atoms with van der Waals surface area (Å²) in [6.07, 6.45) is 0. The van der Waals surface area contributed by atoms with Crippen molar-refractivity contribution in [3.63, 3.8) is 0 Å². The fraction of sp³-hybridized carbons (Fsp3) is 0.0769. The number of benzene rings is 12. The Balaban J connectivity index is 0.970. The van der Waals surface area contributed by atoms with E-state index in [4.69, 9.17) is 0 Å². The summed E-state index contributed by atoms with van der Waals surface area (Å²) in [5.41, 5.74) is 19.8. The van der Waals surface area contributed by atoms with Gasteiger partial charge in [0.1, 0.15) is 0 Å². The SMILES string of the molecule is Cc1ccc(N(c2ccc(C)cc2)c2ccc(-c3c4ccccc4c(-c4cc(C)cc(-c5cc(C)c(-c6ccc7ccc8cccc9ccc6c7c89)cc5C)c4)c4ccccc34)cc2)cc1. The Bertz CT molecular complexity index is 3720. The molecule has 0 saturated carbocycles. The van der Waals surface area contributed by atoms with Crippen molar-refractivity contribution in [2.75, 3.05) is 4.90 Å². The molecule has 0 heterocycles. The average molecular weight is 844 g/mol. The third-order valence-corrected chi connectivity index (χ3v) is 14.0. The molecular weight excluding hydrogens is 795 g/mol. The number of fused-ring (bicyclic) bond motifs is 2. The number of aryl methyl sites for hydroxylation is 5. The van der Waals surface area contributed by atoms with Crippen molar-refractivity contribution in [3.05, 3.63) is 234 Å². The van der Waals surface area contributed by atoms with Gasteiger partial charge in [-0.05, 0) is 192 Å². The van der Waals surface area contributed by atoms with Crippen molar-refractivity contribution in [3.8, 4) is 44.5 Å². The molecule has 0 radical (unpaired) electrons. The van der Waals surface area contributed by atoms with Crippen molar-refractivity contribution in [1.82, 2.24) is 0 Å². The van der Waals surface area contributed by atoms with Crippen LogP contribution in [0.4, 0.5) is 17.1 Å². The van der Waals surface area contributed by atoms with E-state index >= 15 is 0 Å². The molecule has 0 spiro atoms. The summed E-state index contributed by atoms with van der Waals surface area (Å²) in [6, 6.07) is 77.2. The van der Waals surface area contributed by atoms with Crippen LogP contribution in [-0.4, -0.2) is 0 Å². The Labute approximate surface area is 387 Å². The molecule has 0 fully saturated rings. The summed E-state index contributed by atoms with van der Waals surface area (Å²) >= 11 is 0. The smallest absolute Gasteiger partial charge is 0.0462 e. The number of rotatable bonds is 7. The minimum absolute atomic E-state index is 1.12. The third-order valence-electron chi connectivity index (χ3n) is 14.0. The molecular formula is C65H49N. The topological polar surface area (TPSA) is 3.24 Å². The van der Waals surface area contributed by atoms with E-state index in [-0.39, 0.29) is 0 Å². The largest absolute Gasteiger partial charge is 0.311 e. The van der Waals surface area contributed by atoms with Gasteiger partial charge in [-0.1, -0.05) is 175 Å². The first kappa shape index (κ1) is 39.6. The van der Waals surface area contributed by atoms with Crippen LogP contribution in [0, 0.1) is 34.6 Å². The second kappa shape index (κ2) is 15.6. The van der Waals surface area contributed by atoms with E-state index in [9.17, 15) is 0 Å². The van der Waals surface area contributed by atoms with E-state index in [0.29, 0.717) is 0 Å². The maximum atomic E-state index is 2.43. The normalized spacial score (nSPS) is 11.7. The quantitative estimate of drug-likeness (QED) is 0.114. The van der Waals surface area contributed by atoms with Gasteiger partial charge in [-0.2, -0.15) is 0 Å². The van der Waals surface area contributed by atoms with Gasteiger partial charge in [0.2, 0.25) is 0 Å². The van der Waals surface area contributed by atoms with Crippen LogP contribution in [0.5, 0.6) is 0 Å². The summed E-state index contributed by atoms with van der Waals surface area (Å²) < 4.78 is 0. The fourth-order valence-corrected chi connectivity index (χ4v) is 10.8. The Morgan fingerprint density at radius 3 is 1.30 bits per heavy atom. The van der Waals surface area contributed by atoms with E-state index in [0.717, 1.165) is 17.1 Å². The van der Waals surface area contributed by atoms with Gasteiger partial charge in [0, 0.05) is 17.1 Å². The summed E-state index contributed by atoms with van der Waals surface area (Å²) in [6.45, 7) is 11.1. The van der Waals surface area contributed by atoms with Crippen LogP contribution in [0.1, 0.15) is 27.8 Å². The van der Waals surface area contributed by atoms with Gasteiger partial charge >= 0.3 is 0 Å². The van der Waals surface area contributed by atoms with Crippen LogP contribution >= 0.6 is 0 Å². The highest BCUT2D eigenvalue weighted by Gasteiger charge is 2.20. The Hall–Kier alpha value is -8.00. The summed E-state index contributed by atoms with van der Waals surface area (Å²) in [4.78, 5) is 2.35. The predicted molar refractivity (Wildman–Crippen MR) is 285 cm³/mol. The van der Waals surface area contributed by atoms with E-state index in [1.807, 2.05) is 0 Å². The van der Waals surface area contributed by atoms with E-state index in [1.54, 1.807) is 0 Å². The lowest BCUT2D eigenvalue weighted by atomic mass is 9.84. The highest BCUT2D eigenvalue weighted by molar-refractivity contribution is 6.26. The molecule has 0 amide bonds. The number of nitrogens with zero attached hydrogens (tertiary/aromatic N) is 1. The first-order valence-electron chi connectivity index (χ1n) is 23.2. The highest BCUT2D eigenvalue weighted by atomic mass is 15.1. The van der Waals surface area contributed by atoms with Gasteiger partial charge in [0.25, 0.3) is 0 Å². The number of hydrogen-bond donors (Lipinski definition) is 0. The lowest BCUT2D eigenvalue weighted by Gasteiger charge is -2.26.